The average molecular weight is 403 g/mol. The molecule has 0 bridgehead atoms. The van der Waals surface area contributed by atoms with Gasteiger partial charge in [-0.05, 0) is 49.4 Å². The predicted molar refractivity (Wildman–Crippen MR) is 113 cm³/mol. The summed E-state index contributed by atoms with van der Waals surface area (Å²) in [7, 11) is 0. The number of nitrogens with one attached hydrogen (secondary N) is 1. The largest absolute Gasteiger partial charge is 0.484 e. The van der Waals surface area contributed by atoms with E-state index >= 15 is 0 Å². The van der Waals surface area contributed by atoms with Crippen LogP contribution in [0.4, 0.5) is 5.69 Å². The second-order valence-electron chi connectivity index (χ2n) is 6.36. The zero-order chi connectivity index (χ0) is 21.3. The number of hydrogen-bond acceptors (Lipinski definition) is 5. The van der Waals surface area contributed by atoms with Crippen molar-refractivity contribution >= 4 is 23.3 Å². The molecule has 0 unspecified atom stereocenters. The SMILES string of the molecule is CCOC(=O)c1cccc(NC(=O)COc2ccc(C(=O)c3ccccc3)cc2)c1. The first-order valence-electron chi connectivity index (χ1n) is 9.46. The van der Waals surface area contributed by atoms with E-state index in [0.29, 0.717) is 28.1 Å². The van der Waals surface area contributed by atoms with Crippen LogP contribution in [0.15, 0.2) is 78.9 Å². The fourth-order valence-corrected chi connectivity index (χ4v) is 2.74. The Morgan fingerprint density at radius 2 is 1.47 bits per heavy atom. The molecule has 3 rings (SSSR count). The maximum Gasteiger partial charge on any atom is 0.338 e. The fourth-order valence-electron chi connectivity index (χ4n) is 2.74. The van der Waals surface area contributed by atoms with E-state index in [1.54, 1.807) is 67.6 Å². The Morgan fingerprint density at radius 1 is 0.800 bits per heavy atom. The lowest BCUT2D eigenvalue weighted by molar-refractivity contribution is -0.118. The summed E-state index contributed by atoms with van der Waals surface area (Å²) in [6.07, 6.45) is 0. The van der Waals surface area contributed by atoms with E-state index in [2.05, 4.69) is 5.32 Å². The van der Waals surface area contributed by atoms with Gasteiger partial charge in [-0.2, -0.15) is 0 Å². The molecule has 3 aromatic carbocycles. The molecule has 6 heteroatoms. The first-order chi connectivity index (χ1) is 14.6. The summed E-state index contributed by atoms with van der Waals surface area (Å²) >= 11 is 0. The van der Waals surface area contributed by atoms with Gasteiger partial charge in [0.15, 0.2) is 12.4 Å². The molecule has 1 N–H and O–H groups in total. The quantitative estimate of drug-likeness (QED) is 0.452. The smallest absolute Gasteiger partial charge is 0.338 e. The Balaban J connectivity index is 1.54. The van der Waals surface area contributed by atoms with Crippen LogP contribution in [0, 0.1) is 0 Å². The summed E-state index contributed by atoms with van der Waals surface area (Å²) < 4.78 is 10.4. The van der Waals surface area contributed by atoms with Crippen LogP contribution in [0.5, 0.6) is 5.75 Å². The number of carbonyl (C=O) groups excluding carboxylic acids is 3. The van der Waals surface area contributed by atoms with Crippen LogP contribution >= 0.6 is 0 Å². The van der Waals surface area contributed by atoms with Crippen molar-refractivity contribution in [1.82, 2.24) is 0 Å². The molecule has 152 valence electrons. The molecule has 6 nitrogen and oxygen atoms in total. The normalized spacial score (nSPS) is 10.2. The van der Waals surface area contributed by atoms with Crippen LogP contribution in [0.3, 0.4) is 0 Å². The lowest BCUT2D eigenvalue weighted by Crippen LogP contribution is -2.20. The van der Waals surface area contributed by atoms with Crippen molar-refractivity contribution < 1.29 is 23.9 Å². The van der Waals surface area contributed by atoms with Crippen LogP contribution in [-0.2, 0) is 9.53 Å². The third kappa shape index (κ3) is 5.54. The van der Waals surface area contributed by atoms with Crippen molar-refractivity contribution in [2.45, 2.75) is 6.92 Å². The van der Waals surface area contributed by atoms with Crippen molar-refractivity contribution in [2.75, 3.05) is 18.5 Å². The van der Waals surface area contributed by atoms with Gasteiger partial charge in [0, 0.05) is 16.8 Å². The molecule has 30 heavy (non-hydrogen) atoms. The highest BCUT2D eigenvalue weighted by atomic mass is 16.5. The second-order valence-corrected chi connectivity index (χ2v) is 6.36. The van der Waals surface area contributed by atoms with Gasteiger partial charge in [0.25, 0.3) is 5.91 Å². The Labute approximate surface area is 174 Å². The lowest BCUT2D eigenvalue weighted by Gasteiger charge is -2.09. The number of anilines is 1. The van der Waals surface area contributed by atoms with Crippen LogP contribution < -0.4 is 10.1 Å². The predicted octanol–water partition coefficient (Wildman–Crippen LogP) is 4.11. The van der Waals surface area contributed by atoms with Gasteiger partial charge < -0.3 is 14.8 Å². The summed E-state index contributed by atoms with van der Waals surface area (Å²) in [4.78, 5) is 36.3. The molecule has 0 saturated heterocycles. The van der Waals surface area contributed by atoms with Crippen molar-refractivity contribution in [3.05, 3.63) is 95.6 Å². The van der Waals surface area contributed by atoms with Gasteiger partial charge in [-0.15, -0.1) is 0 Å². The van der Waals surface area contributed by atoms with Crippen LogP contribution in [0.1, 0.15) is 33.2 Å². The first-order valence-corrected chi connectivity index (χ1v) is 9.46. The van der Waals surface area contributed by atoms with Crippen molar-refractivity contribution in [3.63, 3.8) is 0 Å². The highest BCUT2D eigenvalue weighted by Gasteiger charge is 2.11. The number of ether oxygens (including phenoxy) is 2. The number of rotatable bonds is 8. The summed E-state index contributed by atoms with van der Waals surface area (Å²) in [6.45, 7) is 1.79. The number of amides is 1. The second kappa shape index (κ2) is 10.0. The maximum atomic E-state index is 12.4. The summed E-state index contributed by atoms with van der Waals surface area (Å²) in [5.41, 5.74) is 1.97. The van der Waals surface area contributed by atoms with Gasteiger partial charge in [0.05, 0.1) is 12.2 Å². The minimum absolute atomic E-state index is 0.0821. The van der Waals surface area contributed by atoms with Gasteiger partial charge in [0.2, 0.25) is 0 Å². The zero-order valence-corrected chi connectivity index (χ0v) is 16.5. The number of carbonyl (C=O) groups is 3. The third-order valence-electron chi connectivity index (χ3n) is 4.18. The minimum atomic E-state index is -0.449. The molecule has 0 aliphatic carbocycles. The molecule has 0 heterocycles. The van der Waals surface area contributed by atoms with E-state index in [1.165, 1.54) is 0 Å². The third-order valence-corrected chi connectivity index (χ3v) is 4.18. The average Bonchev–Trinajstić information content (AvgIpc) is 2.78. The first kappa shape index (κ1) is 20.8. The van der Waals surface area contributed by atoms with E-state index in [-0.39, 0.29) is 24.9 Å². The lowest BCUT2D eigenvalue weighted by atomic mass is 10.0. The topological polar surface area (TPSA) is 81.7 Å². The standard InChI is InChI=1S/C24H21NO5/c1-2-29-24(28)19-9-6-10-20(15-19)25-22(26)16-30-21-13-11-18(12-14-21)23(27)17-7-4-3-5-8-17/h3-15H,2,16H2,1H3,(H,25,26). The number of benzene rings is 3. The van der Waals surface area contributed by atoms with E-state index in [9.17, 15) is 14.4 Å². The maximum absolute atomic E-state index is 12.4. The molecule has 0 radical (unpaired) electrons. The van der Waals surface area contributed by atoms with Gasteiger partial charge in [-0.25, -0.2) is 4.79 Å². The van der Waals surface area contributed by atoms with Crippen LogP contribution in [-0.4, -0.2) is 30.9 Å². The molecule has 0 spiro atoms. The van der Waals surface area contributed by atoms with E-state index < -0.39 is 5.97 Å². The van der Waals surface area contributed by atoms with E-state index in [0.717, 1.165) is 0 Å². The molecule has 1 amide bonds. The molecule has 0 aliphatic rings. The Morgan fingerprint density at radius 3 is 2.17 bits per heavy atom. The molecule has 3 aromatic rings. The van der Waals surface area contributed by atoms with E-state index in [1.807, 2.05) is 18.2 Å². The van der Waals surface area contributed by atoms with Crippen LogP contribution in [0.25, 0.3) is 0 Å². The van der Waals surface area contributed by atoms with Crippen LogP contribution in [0.2, 0.25) is 0 Å². The van der Waals surface area contributed by atoms with Crippen molar-refractivity contribution in [2.24, 2.45) is 0 Å². The summed E-state index contributed by atoms with van der Waals surface area (Å²) in [5.74, 6) is -0.438. The van der Waals surface area contributed by atoms with Gasteiger partial charge >= 0.3 is 5.97 Å². The molecule has 0 saturated carbocycles. The zero-order valence-electron chi connectivity index (χ0n) is 16.5. The highest BCUT2D eigenvalue weighted by molar-refractivity contribution is 6.09. The highest BCUT2D eigenvalue weighted by Crippen LogP contribution is 2.16. The summed E-state index contributed by atoms with van der Waals surface area (Å²) in [5, 5.41) is 2.67. The Kier molecular flexibility index (Phi) is 6.95. The molecule has 0 aromatic heterocycles. The minimum Gasteiger partial charge on any atom is -0.484 e. The number of hydrogen-bond donors (Lipinski definition) is 1. The number of ketones is 1. The van der Waals surface area contributed by atoms with Gasteiger partial charge in [-0.3, -0.25) is 9.59 Å². The molecular weight excluding hydrogens is 382 g/mol. The molecule has 0 fully saturated rings. The Bertz CT molecular complexity index is 1030. The van der Waals surface area contributed by atoms with Crippen molar-refractivity contribution in [1.29, 1.82) is 0 Å². The van der Waals surface area contributed by atoms with Gasteiger partial charge in [-0.1, -0.05) is 36.4 Å². The molecule has 0 atom stereocenters. The van der Waals surface area contributed by atoms with Gasteiger partial charge in [0.1, 0.15) is 5.75 Å². The Hall–Kier alpha value is -3.93. The fraction of sp³-hybridized carbons (Fsp3) is 0.125. The molecular formula is C24H21NO5. The summed E-state index contributed by atoms with van der Waals surface area (Å²) in [6, 6.07) is 22.1. The van der Waals surface area contributed by atoms with Crippen molar-refractivity contribution in [3.8, 4) is 5.75 Å². The molecule has 0 aliphatic heterocycles. The monoisotopic (exact) mass is 403 g/mol. The van der Waals surface area contributed by atoms with E-state index in [4.69, 9.17) is 9.47 Å². The number of esters is 1.